The summed E-state index contributed by atoms with van der Waals surface area (Å²) in [7, 11) is 2.76. The highest BCUT2D eigenvalue weighted by Gasteiger charge is 2.56. The molecule has 0 bridgehead atoms. The van der Waals surface area contributed by atoms with Gasteiger partial charge in [0.05, 0.1) is 0 Å². The molecule has 0 saturated carbocycles. The van der Waals surface area contributed by atoms with Crippen molar-refractivity contribution in [2.45, 2.75) is 44.0 Å². The second-order valence-corrected chi connectivity index (χ2v) is 9.47. The lowest BCUT2D eigenvalue weighted by Gasteiger charge is -2.36. The fraction of sp³-hybridized carbons (Fsp3) is 0.467. The van der Waals surface area contributed by atoms with Crippen LogP contribution < -0.4 is 0 Å². The predicted octanol–water partition coefficient (Wildman–Crippen LogP) is 6.66. The third kappa shape index (κ3) is 2.27. The number of alkyl halides is 3. The summed E-state index contributed by atoms with van der Waals surface area (Å²) in [4.78, 5) is 0.559. The van der Waals surface area contributed by atoms with E-state index >= 15 is 0 Å². The van der Waals surface area contributed by atoms with Crippen LogP contribution in [0.3, 0.4) is 0 Å². The monoisotopic (exact) mass is 322 g/mol. The lowest BCUT2D eigenvalue weighted by molar-refractivity contribution is -0.0360. The first-order valence-corrected chi connectivity index (χ1v) is 8.99. The van der Waals surface area contributed by atoms with Gasteiger partial charge in [0.2, 0.25) is 0 Å². The molecular formula is C15H18ClF3S. The second kappa shape index (κ2) is 4.99. The molecule has 1 aromatic rings. The van der Waals surface area contributed by atoms with Gasteiger partial charge in [-0.2, -0.15) is 13.2 Å². The average Bonchev–Trinajstić information content (AvgIpc) is 2.63. The Balaban J connectivity index is 2.67. The van der Waals surface area contributed by atoms with E-state index in [2.05, 4.69) is 0 Å². The Morgan fingerprint density at radius 3 is 2.10 bits per heavy atom. The number of halogens is 4. The van der Waals surface area contributed by atoms with Gasteiger partial charge in [0, 0.05) is 4.90 Å². The molecule has 1 heterocycles. The average molecular weight is 323 g/mol. The molecule has 0 saturated heterocycles. The van der Waals surface area contributed by atoms with Crippen molar-refractivity contribution in [3.05, 3.63) is 34.2 Å². The molecule has 0 aromatic heterocycles. The van der Waals surface area contributed by atoms with Crippen LogP contribution in [0.25, 0.3) is 6.08 Å². The van der Waals surface area contributed by atoms with E-state index in [1.54, 1.807) is 32.1 Å². The Morgan fingerprint density at radius 2 is 1.65 bits per heavy atom. The molecule has 0 fully saturated rings. The molecular weight excluding hydrogens is 305 g/mol. The van der Waals surface area contributed by atoms with Crippen LogP contribution in [-0.2, 0) is 0 Å². The van der Waals surface area contributed by atoms with Crippen LogP contribution in [-0.4, -0.2) is 5.51 Å². The van der Waals surface area contributed by atoms with Crippen LogP contribution in [0, 0.1) is 5.92 Å². The Hall–Kier alpha value is -0.610. The minimum atomic E-state index is -4.43. The van der Waals surface area contributed by atoms with Crippen LogP contribution in [0.4, 0.5) is 13.2 Å². The van der Waals surface area contributed by atoms with Crippen LogP contribution in [0.1, 0.15) is 44.7 Å². The van der Waals surface area contributed by atoms with E-state index in [1.165, 1.54) is 0 Å². The normalized spacial score (nSPS) is 25.6. The van der Waals surface area contributed by atoms with Gasteiger partial charge in [0.1, 0.15) is 0 Å². The Labute approximate surface area is 123 Å². The quantitative estimate of drug-likeness (QED) is 0.571. The van der Waals surface area contributed by atoms with E-state index in [-0.39, 0.29) is 16.7 Å². The molecule has 1 aliphatic heterocycles. The summed E-state index contributed by atoms with van der Waals surface area (Å²) < 4.78 is 40.9. The maximum absolute atomic E-state index is 13.6. The maximum atomic E-state index is 13.6. The third-order valence-electron chi connectivity index (χ3n) is 3.52. The minimum absolute atomic E-state index is 0.178. The van der Waals surface area contributed by atoms with Gasteiger partial charge in [-0.05, 0) is 59.9 Å². The van der Waals surface area contributed by atoms with Crippen LogP contribution in [0.15, 0.2) is 28.0 Å². The first-order valence-electron chi connectivity index (χ1n) is 6.54. The molecule has 1 aliphatic rings. The summed E-state index contributed by atoms with van der Waals surface area (Å²) >= 11 is 0. The van der Waals surface area contributed by atoms with Crippen LogP contribution in [0.5, 0.6) is 0 Å². The van der Waals surface area contributed by atoms with E-state index in [4.69, 9.17) is 10.7 Å². The van der Waals surface area contributed by atoms with E-state index in [0.717, 1.165) is 5.56 Å². The second-order valence-electron chi connectivity index (χ2n) is 5.64. The zero-order valence-corrected chi connectivity index (χ0v) is 13.5. The van der Waals surface area contributed by atoms with Gasteiger partial charge in [-0.1, -0.05) is 39.8 Å². The topological polar surface area (TPSA) is 0 Å². The lowest BCUT2D eigenvalue weighted by atomic mass is 10.0. The number of fused-ring (bicyclic) bond motifs is 1. The highest BCUT2D eigenvalue weighted by Crippen LogP contribution is 2.80. The van der Waals surface area contributed by atoms with Crippen molar-refractivity contribution in [3.8, 4) is 0 Å². The predicted molar refractivity (Wildman–Crippen MR) is 81.1 cm³/mol. The molecule has 1 unspecified atom stereocenters. The number of benzene rings is 1. The summed E-state index contributed by atoms with van der Waals surface area (Å²) in [5.41, 5.74) is -2.92. The number of hydrogen-bond acceptors (Lipinski definition) is 0. The van der Waals surface area contributed by atoms with Gasteiger partial charge in [-0.15, -0.1) is 0 Å². The Morgan fingerprint density at radius 1 is 1.05 bits per heavy atom. The third-order valence-corrected chi connectivity index (χ3v) is 7.91. The smallest absolute Gasteiger partial charge is 0.160 e. The van der Waals surface area contributed by atoms with Crippen molar-refractivity contribution < 1.29 is 13.2 Å². The fourth-order valence-electron chi connectivity index (χ4n) is 2.38. The summed E-state index contributed by atoms with van der Waals surface area (Å²) in [6, 6.07) is 5.29. The molecule has 112 valence electrons. The maximum Gasteiger partial charge on any atom is 0.445 e. The zero-order valence-electron chi connectivity index (χ0n) is 11.9. The van der Waals surface area contributed by atoms with E-state index in [0.29, 0.717) is 10.5 Å². The van der Waals surface area contributed by atoms with Crippen molar-refractivity contribution in [3.63, 3.8) is 0 Å². The molecule has 2 rings (SSSR count). The molecule has 5 heteroatoms. The van der Waals surface area contributed by atoms with Gasteiger partial charge in [0.25, 0.3) is 0 Å². The van der Waals surface area contributed by atoms with Crippen molar-refractivity contribution in [2.75, 3.05) is 0 Å². The SMILES string of the molecule is CC(C)C1=Cc2ccc(C(C)C)cc2S1(Cl)C(F)(F)F. The molecule has 0 nitrogen and oxygen atoms in total. The summed E-state index contributed by atoms with van der Waals surface area (Å²) in [5, 5.41) is 0. The molecule has 20 heavy (non-hydrogen) atoms. The van der Waals surface area contributed by atoms with Gasteiger partial charge in [0.15, 0.2) is 0 Å². The first-order chi connectivity index (χ1) is 9.09. The fourth-order valence-corrected chi connectivity index (χ4v) is 5.91. The van der Waals surface area contributed by atoms with Crippen molar-refractivity contribution >= 4 is 26.0 Å². The molecule has 0 amide bonds. The van der Waals surface area contributed by atoms with Gasteiger partial charge < -0.3 is 0 Å². The van der Waals surface area contributed by atoms with E-state index in [9.17, 15) is 13.2 Å². The van der Waals surface area contributed by atoms with E-state index < -0.39 is 14.7 Å². The molecule has 1 atom stereocenters. The van der Waals surface area contributed by atoms with E-state index in [1.807, 2.05) is 19.9 Å². The molecule has 0 aliphatic carbocycles. The standard InChI is InChI=1S/C15H18ClF3S/c1-9(2)11-5-6-12-8-13(10(3)4)20(16,14(12)7-11)15(17,18)19/h5-10H,1-4H3. The molecule has 1 aromatic carbocycles. The van der Waals surface area contributed by atoms with Crippen molar-refractivity contribution in [2.24, 2.45) is 5.92 Å². The molecule has 0 spiro atoms. The van der Waals surface area contributed by atoms with Gasteiger partial charge in [-0.25, -0.2) is 0 Å². The lowest BCUT2D eigenvalue weighted by Crippen LogP contribution is -2.18. The largest absolute Gasteiger partial charge is 0.445 e. The zero-order chi connectivity index (χ0) is 15.3. The van der Waals surface area contributed by atoms with Crippen molar-refractivity contribution in [1.82, 2.24) is 0 Å². The van der Waals surface area contributed by atoms with Gasteiger partial charge >= 0.3 is 5.51 Å². The van der Waals surface area contributed by atoms with Crippen LogP contribution in [0.2, 0.25) is 0 Å². The van der Waals surface area contributed by atoms with Crippen LogP contribution >= 0.6 is 19.9 Å². The van der Waals surface area contributed by atoms with Crippen molar-refractivity contribution in [1.29, 1.82) is 0 Å². The highest BCUT2D eigenvalue weighted by molar-refractivity contribution is 8.54. The molecule has 0 radical (unpaired) electrons. The summed E-state index contributed by atoms with van der Waals surface area (Å²) in [6.45, 7) is 7.45. The number of rotatable bonds is 2. The summed E-state index contributed by atoms with van der Waals surface area (Å²) in [5.74, 6) is -0.0454. The summed E-state index contributed by atoms with van der Waals surface area (Å²) in [6.07, 6.45) is 1.62. The number of allylic oxidation sites excluding steroid dienone is 1. The molecule has 0 N–H and O–H groups in total. The van der Waals surface area contributed by atoms with Gasteiger partial charge in [-0.3, -0.25) is 0 Å². The first kappa shape index (κ1) is 15.8. The Bertz CT molecular complexity index is 561. The highest BCUT2D eigenvalue weighted by atomic mass is 35.7. The number of hydrogen-bond donors (Lipinski definition) is 0. The Kier molecular flexibility index (Phi) is 3.93. The minimum Gasteiger partial charge on any atom is -0.160 e.